The monoisotopic (exact) mass is 283 g/mol. The first-order valence-electron chi connectivity index (χ1n) is 6.79. The van der Waals surface area contributed by atoms with Crippen LogP contribution in [0.4, 0.5) is 4.39 Å². The predicted octanol–water partition coefficient (Wildman–Crippen LogP) is 3.83. The molecule has 0 radical (unpaired) electrons. The van der Waals surface area contributed by atoms with Crippen LogP contribution in [0.25, 0.3) is 0 Å². The number of Topliss-reactive ketones (excluding diaryl/α,β-unsaturated/α-hetero) is 1. The second-order valence-corrected chi connectivity index (χ2v) is 5.67. The van der Waals surface area contributed by atoms with E-state index >= 15 is 0 Å². The molecule has 104 valence electrons. The molecular weight excluding hydrogens is 265 g/mol. The summed E-state index contributed by atoms with van der Waals surface area (Å²) in [4.78, 5) is 12.8. The Hall–Kier alpha value is -0.930. The highest BCUT2D eigenvalue weighted by Crippen LogP contribution is 2.37. The fourth-order valence-electron chi connectivity index (χ4n) is 2.92. The number of hydrogen-bond donors (Lipinski definition) is 1. The standard InChI is InChI=1S/C15H19ClFNO/c1-2-6-15(7-3-8-18-10-15)14(19)12-9-11(17)4-5-13(12)16/h4-5,9,18H,2-3,6-8,10H2,1H3. The van der Waals surface area contributed by atoms with Crippen LogP contribution in [-0.4, -0.2) is 18.9 Å². The van der Waals surface area contributed by atoms with E-state index in [0.717, 1.165) is 32.2 Å². The van der Waals surface area contributed by atoms with E-state index in [1.807, 2.05) is 0 Å². The van der Waals surface area contributed by atoms with Crippen molar-refractivity contribution in [3.05, 3.63) is 34.6 Å². The van der Waals surface area contributed by atoms with Crippen LogP contribution in [0.3, 0.4) is 0 Å². The van der Waals surface area contributed by atoms with Crippen molar-refractivity contribution in [3.8, 4) is 0 Å². The molecule has 0 amide bonds. The first kappa shape index (κ1) is 14.5. The van der Waals surface area contributed by atoms with Crippen LogP contribution in [-0.2, 0) is 0 Å². The summed E-state index contributed by atoms with van der Waals surface area (Å²) in [5.41, 5.74) is -0.108. The molecule has 19 heavy (non-hydrogen) atoms. The molecule has 1 aromatic carbocycles. The van der Waals surface area contributed by atoms with Crippen LogP contribution in [0, 0.1) is 11.2 Å². The van der Waals surface area contributed by atoms with Gasteiger partial charge in [-0.1, -0.05) is 24.9 Å². The highest BCUT2D eigenvalue weighted by atomic mass is 35.5. The van der Waals surface area contributed by atoms with Gasteiger partial charge >= 0.3 is 0 Å². The number of nitrogens with one attached hydrogen (secondary N) is 1. The third kappa shape index (κ3) is 2.98. The molecule has 1 aliphatic rings. The first-order valence-corrected chi connectivity index (χ1v) is 7.17. The van der Waals surface area contributed by atoms with Gasteiger partial charge in [-0.2, -0.15) is 0 Å². The second kappa shape index (κ2) is 6.02. The minimum Gasteiger partial charge on any atom is -0.316 e. The Bertz CT molecular complexity index is 464. The average molecular weight is 284 g/mol. The fourth-order valence-corrected chi connectivity index (χ4v) is 3.13. The Labute approximate surface area is 118 Å². The molecule has 4 heteroatoms. The van der Waals surface area contributed by atoms with Gasteiger partial charge in [0.05, 0.1) is 5.02 Å². The highest BCUT2D eigenvalue weighted by molar-refractivity contribution is 6.34. The van der Waals surface area contributed by atoms with Crippen LogP contribution in [0.15, 0.2) is 18.2 Å². The summed E-state index contributed by atoms with van der Waals surface area (Å²) >= 11 is 6.06. The maximum absolute atomic E-state index is 13.4. The van der Waals surface area contributed by atoms with E-state index in [4.69, 9.17) is 11.6 Å². The van der Waals surface area contributed by atoms with Gasteiger partial charge in [0, 0.05) is 17.5 Å². The smallest absolute Gasteiger partial charge is 0.171 e. The topological polar surface area (TPSA) is 29.1 Å². The maximum atomic E-state index is 13.4. The van der Waals surface area contributed by atoms with Crippen LogP contribution in [0.2, 0.25) is 5.02 Å². The molecule has 1 fully saturated rings. The molecule has 1 atom stereocenters. The van der Waals surface area contributed by atoms with Crippen molar-refractivity contribution in [2.75, 3.05) is 13.1 Å². The van der Waals surface area contributed by atoms with Crippen LogP contribution in [0.1, 0.15) is 43.0 Å². The third-order valence-corrected chi connectivity index (χ3v) is 4.19. The van der Waals surface area contributed by atoms with E-state index in [0.29, 0.717) is 17.1 Å². The molecule has 0 spiro atoms. The summed E-state index contributed by atoms with van der Waals surface area (Å²) in [5, 5.41) is 3.63. The molecule has 2 rings (SSSR count). The van der Waals surface area contributed by atoms with Crippen LogP contribution >= 0.6 is 11.6 Å². The lowest BCUT2D eigenvalue weighted by atomic mass is 9.71. The number of carbonyl (C=O) groups excluding carboxylic acids is 1. The molecule has 1 heterocycles. The number of benzene rings is 1. The molecule has 1 unspecified atom stereocenters. The van der Waals surface area contributed by atoms with Gasteiger partial charge in [-0.05, 0) is 44.0 Å². The molecule has 0 bridgehead atoms. The molecule has 1 saturated heterocycles. The zero-order valence-electron chi connectivity index (χ0n) is 11.1. The number of halogens is 2. The van der Waals surface area contributed by atoms with E-state index in [9.17, 15) is 9.18 Å². The average Bonchev–Trinajstić information content (AvgIpc) is 2.42. The number of piperidine rings is 1. The van der Waals surface area contributed by atoms with Gasteiger partial charge in [-0.25, -0.2) is 4.39 Å². The minimum atomic E-state index is -0.426. The molecule has 1 aliphatic heterocycles. The molecule has 0 aromatic heterocycles. The molecule has 0 saturated carbocycles. The Balaban J connectivity index is 2.36. The van der Waals surface area contributed by atoms with E-state index in [1.54, 1.807) is 0 Å². The van der Waals surface area contributed by atoms with Crippen molar-refractivity contribution in [2.24, 2.45) is 5.41 Å². The van der Waals surface area contributed by atoms with Gasteiger partial charge in [-0.15, -0.1) is 0 Å². The van der Waals surface area contributed by atoms with Gasteiger partial charge in [-0.3, -0.25) is 4.79 Å². The Morgan fingerprint density at radius 2 is 2.32 bits per heavy atom. The zero-order chi connectivity index (χ0) is 13.9. The van der Waals surface area contributed by atoms with Gasteiger partial charge in [0.15, 0.2) is 5.78 Å². The summed E-state index contributed by atoms with van der Waals surface area (Å²) < 4.78 is 13.4. The molecule has 2 nitrogen and oxygen atoms in total. The maximum Gasteiger partial charge on any atom is 0.171 e. The fraction of sp³-hybridized carbons (Fsp3) is 0.533. The summed E-state index contributed by atoms with van der Waals surface area (Å²) in [6.07, 6.45) is 3.56. The third-order valence-electron chi connectivity index (χ3n) is 3.86. The quantitative estimate of drug-likeness (QED) is 0.851. The normalized spacial score (nSPS) is 23.3. The summed E-state index contributed by atoms with van der Waals surface area (Å²) in [6.45, 7) is 3.67. The summed E-state index contributed by atoms with van der Waals surface area (Å²) in [5.74, 6) is -0.436. The Morgan fingerprint density at radius 3 is 2.95 bits per heavy atom. The lowest BCUT2D eigenvalue weighted by Crippen LogP contribution is -2.45. The summed E-state index contributed by atoms with van der Waals surface area (Å²) in [7, 11) is 0. The lowest BCUT2D eigenvalue weighted by Gasteiger charge is -2.36. The van der Waals surface area contributed by atoms with Gasteiger partial charge in [0.25, 0.3) is 0 Å². The number of rotatable bonds is 4. The van der Waals surface area contributed by atoms with Gasteiger partial charge < -0.3 is 5.32 Å². The number of carbonyl (C=O) groups is 1. The zero-order valence-corrected chi connectivity index (χ0v) is 11.9. The molecule has 0 aliphatic carbocycles. The molecule has 1 N–H and O–H groups in total. The highest BCUT2D eigenvalue weighted by Gasteiger charge is 2.39. The van der Waals surface area contributed by atoms with Crippen molar-refractivity contribution in [1.29, 1.82) is 0 Å². The van der Waals surface area contributed by atoms with E-state index in [1.165, 1.54) is 18.2 Å². The molecular formula is C15H19ClFNO. The predicted molar refractivity (Wildman–Crippen MR) is 75.2 cm³/mol. The van der Waals surface area contributed by atoms with Crippen LogP contribution in [0.5, 0.6) is 0 Å². The second-order valence-electron chi connectivity index (χ2n) is 5.26. The summed E-state index contributed by atoms with van der Waals surface area (Å²) in [6, 6.07) is 4.00. The number of ketones is 1. The minimum absolute atomic E-state index is 0.0222. The SMILES string of the molecule is CCCC1(C(=O)c2cc(F)ccc2Cl)CCCNC1. The Kier molecular flexibility index (Phi) is 4.58. The van der Waals surface area contributed by atoms with Crippen molar-refractivity contribution < 1.29 is 9.18 Å². The van der Waals surface area contributed by atoms with E-state index in [-0.39, 0.29) is 5.78 Å². The van der Waals surface area contributed by atoms with E-state index in [2.05, 4.69) is 12.2 Å². The van der Waals surface area contributed by atoms with Crippen LogP contribution < -0.4 is 5.32 Å². The van der Waals surface area contributed by atoms with Crippen molar-refractivity contribution in [1.82, 2.24) is 5.32 Å². The van der Waals surface area contributed by atoms with Crippen molar-refractivity contribution >= 4 is 17.4 Å². The van der Waals surface area contributed by atoms with Crippen molar-refractivity contribution in [2.45, 2.75) is 32.6 Å². The first-order chi connectivity index (χ1) is 9.09. The lowest BCUT2D eigenvalue weighted by molar-refractivity contribution is 0.0717. The van der Waals surface area contributed by atoms with Gasteiger partial charge in [0.1, 0.15) is 5.82 Å². The number of hydrogen-bond acceptors (Lipinski definition) is 2. The largest absolute Gasteiger partial charge is 0.316 e. The van der Waals surface area contributed by atoms with Crippen molar-refractivity contribution in [3.63, 3.8) is 0 Å². The molecule has 1 aromatic rings. The van der Waals surface area contributed by atoms with Gasteiger partial charge in [0.2, 0.25) is 0 Å². The van der Waals surface area contributed by atoms with E-state index < -0.39 is 11.2 Å². The Morgan fingerprint density at radius 1 is 1.53 bits per heavy atom.